The van der Waals surface area contributed by atoms with Gasteiger partial charge in [-0.15, -0.1) is 0 Å². The number of likely N-dealkylation sites (tertiary alicyclic amines) is 1. The molecule has 228 valence electrons. The number of imidazole rings is 1. The molecule has 1 unspecified atom stereocenters. The van der Waals surface area contributed by atoms with Gasteiger partial charge in [-0.05, 0) is 69.5 Å². The molecule has 0 bridgehead atoms. The average molecular weight is 600 g/mol. The number of ether oxygens (including phenoxy) is 2. The van der Waals surface area contributed by atoms with E-state index in [0.717, 1.165) is 63.3 Å². The Morgan fingerprint density at radius 1 is 1.00 bits per heavy atom. The molecule has 2 aliphatic heterocycles. The summed E-state index contributed by atoms with van der Waals surface area (Å²) in [6.07, 6.45) is 4.64. The molecule has 7 rings (SSSR count). The molecular weight excluding hydrogens is 565 g/mol. The minimum absolute atomic E-state index is 0.00245. The summed E-state index contributed by atoms with van der Waals surface area (Å²) in [5.41, 5.74) is 3.03. The fourth-order valence-corrected chi connectivity index (χ4v) is 5.99. The van der Waals surface area contributed by atoms with Crippen molar-refractivity contribution in [2.75, 3.05) is 19.7 Å². The van der Waals surface area contributed by atoms with Gasteiger partial charge in [-0.1, -0.05) is 18.2 Å². The zero-order valence-electron chi connectivity index (χ0n) is 24.3. The second-order valence-corrected chi connectivity index (χ2v) is 11.9. The van der Waals surface area contributed by atoms with E-state index < -0.39 is 11.8 Å². The van der Waals surface area contributed by atoms with Gasteiger partial charge in [0.25, 0.3) is 0 Å². The van der Waals surface area contributed by atoms with E-state index >= 15 is 0 Å². The van der Waals surface area contributed by atoms with Gasteiger partial charge in [0.15, 0.2) is 17.1 Å². The molecule has 1 atom stereocenters. The summed E-state index contributed by atoms with van der Waals surface area (Å²) >= 11 is 0. The van der Waals surface area contributed by atoms with Crippen LogP contribution >= 0.6 is 0 Å². The van der Waals surface area contributed by atoms with Crippen LogP contribution in [0.1, 0.15) is 76.0 Å². The number of benzene rings is 1. The van der Waals surface area contributed by atoms with E-state index in [1.54, 1.807) is 24.3 Å². The molecule has 0 amide bonds. The minimum atomic E-state index is -1.06. The van der Waals surface area contributed by atoms with Crippen LogP contribution in [0.4, 0.5) is 4.39 Å². The maximum Gasteiger partial charge on any atom is 0.354 e. The Morgan fingerprint density at radius 3 is 2.52 bits per heavy atom. The highest BCUT2D eigenvalue weighted by molar-refractivity contribution is 5.99. The number of aromatic carboxylic acids is 1. The molecule has 1 N–H and O–H groups in total. The van der Waals surface area contributed by atoms with Gasteiger partial charge in [0.05, 0.1) is 19.2 Å². The molecule has 11 heteroatoms. The number of carbonyl (C=O) groups is 2. The van der Waals surface area contributed by atoms with Crippen molar-refractivity contribution >= 4 is 22.9 Å². The first-order valence-electron chi connectivity index (χ1n) is 15.3. The molecule has 3 aliphatic rings. The molecule has 2 saturated heterocycles. The van der Waals surface area contributed by atoms with Gasteiger partial charge in [0.2, 0.25) is 5.88 Å². The Balaban J connectivity index is 0.979. The van der Waals surface area contributed by atoms with E-state index in [-0.39, 0.29) is 36.0 Å². The van der Waals surface area contributed by atoms with Crippen LogP contribution in [0.3, 0.4) is 0 Å². The van der Waals surface area contributed by atoms with Crippen molar-refractivity contribution in [1.82, 2.24) is 24.4 Å². The van der Waals surface area contributed by atoms with E-state index in [1.165, 1.54) is 12.1 Å². The smallest absolute Gasteiger partial charge is 0.354 e. The molecule has 3 aromatic heterocycles. The lowest BCUT2D eigenvalue weighted by molar-refractivity contribution is -0.0593. The average Bonchev–Trinajstić information content (AvgIpc) is 3.81. The lowest BCUT2D eigenvalue weighted by Gasteiger charge is -2.32. The van der Waals surface area contributed by atoms with E-state index in [1.807, 2.05) is 16.7 Å². The molecule has 0 spiro atoms. The fraction of sp³-hybridized carbons (Fsp3) is 0.424. The van der Waals surface area contributed by atoms with Crippen molar-refractivity contribution in [3.05, 3.63) is 82.7 Å². The van der Waals surface area contributed by atoms with Gasteiger partial charge in [0.1, 0.15) is 23.8 Å². The number of carboxylic acid groups (broad SMARTS) is 1. The number of nitrogens with zero attached hydrogens (tertiary/aromatic N) is 5. The van der Waals surface area contributed by atoms with Crippen LogP contribution in [0.2, 0.25) is 0 Å². The number of halogens is 1. The van der Waals surface area contributed by atoms with E-state index in [4.69, 9.17) is 19.4 Å². The fourth-order valence-electron chi connectivity index (χ4n) is 5.99. The maximum atomic E-state index is 14.7. The Bertz CT molecular complexity index is 1710. The molecule has 10 nitrogen and oxygen atoms in total. The second kappa shape index (κ2) is 12.0. The molecule has 1 aliphatic carbocycles. The van der Waals surface area contributed by atoms with E-state index in [2.05, 4.69) is 9.88 Å². The summed E-state index contributed by atoms with van der Waals surface area (Å²) in [4.78, 5) is 40.1. The predicted molar refractivity (Wildman–Crippen MR) is 158 cm³/mol. The first kappa shape index (κ1) is 28.5. The van der Waals surface area contributed by atoms with E-state index in [0.29, 0.717) is 41.3 Å². The van der Waals surface area contributed by atoms with Gasteiger partial charge in [-0.25, -0.2) is 24.1 Å². The number of piperidine rings is 1. The van der Waals surface area contributed by atoms with Crippen LogP contribution in [0, 0.1) is 11.7 Å². The number of rotatable bonds is 11. The highest BCUT2D eigenvalue weighted by Gasteiger charge is 2.31. The number of fused-ring (bicyclic) bond motifs is 1. The first-order valence-corrected chi connectivity index (χ1v) is 15.3. The monoisotopic (exact) mass is 599 g/mol. The molecule has 3 fully saturated rings. The lowest BCUT2D eigenvalue weighted by Crippen LogP contribution is -2.35. The Hall–Kier alpha value is -4.22. The van der Waals surface area contributed by atoms with Gasteiger partial charge in [0, 0.05) is 41.3 Å². The summed E-state index contributed by atoms with van der Waals surface area (Å²) in [6, 6.07) is 13.5. The Morgan fingerprint density at radius 2 is 1.82 bits per heavy atom. The minimum Gasteiger partial charge on any atom is -0.477 e. The number of pyridine rings is 2. The standard InChI is InChI=1S/C33H34FN5O5/c34-25-16-22(31(40)21-4-5-21)6-7-23(25)19-44-30-3-1-2-26(36-30)20-10-13-38(14-11-20)18-29-35-27-8-9-28(33(41)42)37-32(27)39(29)17-24-12-15-43-24/h1-3,6-9,16,20-21,24H,4-5,10-15,17-19H2,(H,41,42). The molecule has 1 saturated carbocycles. The van der Waals surface area contributed by atoms with Gasteiger partial charge in [-0.2, -0.15) is 0 Å². The summed E-state index contributed by atoms with van der Waals surface area (Å²) in [5, 5.41) is 9.45. The van der Waals surface area contributed by atoms with Crippen LogP contribution in [0.15, 0.2) is 48.5 Å². The van der Waals surface area contributed by atoms with Crippen LogP contribution < -0.4 is 4.74 Å². The number of hydrogen-bond acceptors (Lipinski definition) is 8. The maximum absolute atomic E-state index is 14.7. The summed E-state index contributed by atoms with van der Waals surface area (Å²) < 4.78 is 28.2. The molecule has 44 heavy (non-hydrogen) atoms. The normalized spacial score (nSPS) is 19.2. The van der Waals surface area contributed by atoms with Crippen molar-refractivity contribution in [1.29, 1.82) is 0 Å². The van der Waals surface area contributed by atoms with E-state index in [9.17, 15) is 19.1 Å². The summed E-state index contributed by atoms with van der Waals surface area (Å²) in [5.74, 6) is 0.140. The summed E-state index contributed by atoms with van der Waals surface area (Å²) in [7, 11) is 0. The topological polar surface area (TPSA) is 120 Å². The van der Waals surface area contributed by atoms with Gasteiger partial charge < -0.3 is 19.1 Å². The largest absolute Gasteiger partial charge is 0.477 e. The molecular formula is C33H34FN5O5. The van der Waals surface area contributed by atoms with Crippen molar-refractivity contribution in [2.45, 2.75) is 63.8 Å². The SMILES string of the molecule is O=C(O)c1ccc2nc(CN3CCC(c4cccc(OCc5ccc(C(=O)C6CC6)cc5F)n4)CC3)n(CC3CCO3)c2n1. The number of carboxylic acids is 1. The third kappa shape index (κ3) is 6.07. The van der Waals surface area contributed by atoms with Gasteiger partial charge >= 0.3 is 5.97 Å². The molecule has 0 radical (unpaired) electrons. The molecule has 1 aromatic carbocycles. The van der Waals surface area contributed by atoms with Crippen LogP contribution in [-0.4, -0.2) is 67.1 Å². The predicted octanol–water partition coefficient (Wildman–Crippen LogP) is 5.00. The van der Waals surface area contributed by atoms with Crippen molar-refractivity contribution < 1.29 is 28.6 Å². The number of carbonyl (C=O) groups excluding carboxylic acids is 1. The van der Waals surface area contributed by atoms with Crippen molar-refractivity contribution in [3.63, 3.8) is 0 Å². The highest BCUT2D eigenvalue weighted by Crippen LogP contribution is 2.33. The van der Waals surface area contributed by atoms with Crippen molar-refractivity contribution in [3.8, 4) is 5.88 Å². The Kier molecular flexibility index (Phi) is 7.82. The molecule has 5 heterocycles. The number of hydrogen-bond donors (Lipinski definition) is 1. The van der Waals surface area contributed by atoms with Gasteiger partial charge in [-0.3, -0.25) is 9.69 Å². The first-order chi connectivity index (χ1) is 21.4. The zero-order valence-corrected chi connectivity index (χ0v) is 24.3. The van der Waals surface area contributed by atoms with Crippen molar-refractivity contribution in [2.24, 2.45) is 5.92 Å². The number of ketones is 1. The van der Waals surface area contributed by atoms with Crippen LogP contribution in [0.5, 0.6) is 5.88 Å². The molecule has 4 aromatic rings. The number of aromatic nitrogens is 4. The van der Waals surface area contributed by atoms with Crippen LogP contribution in [0.25, 0.3) is 11.2 Å². The zero-order chi connectivity index (χ0) is 30.2. The Labute approximate surface area is 253 Å². The van der Waals surface area contributed by atoms with Crippen LogP contribution in [-0.2, 0) is 24.4 Å². The quantitative estimate of drug-likeness (QED) is 0.238. The summed E-state index contributed by atoms with van der Waals surface area (Å²) in [6.45, 7) is 3.71. The lowest BCUT2D eigenvalue weighted by atomic mass is 9.93. The highest BCUT2D eigenvalue weighted by atomic mass is 19.1. The third-order valence-corrected chi connectivity index (χ3v) is 8.85. The third-order valence-electron chi connectivity index (χ3n) is 8.85. The number of Topliss-reactive ketones (excluding diaryl/α,β-unsaturated/α-hetero) is 1. The second-order valence-electron chi connectivity index (χ2n) is 11.9.